The van der Waals surface area contributed by atoms with Crippen LogP contribution in [0.4, 0.5) is 0 Å². The number of carboxylic acid groups (broad SMARTS) is 1. The van der Waals surface area contributed by atoms with E-state index in [1.165, 1.54) is 0 Å². The number of aliphatic carboxylic acids is 1. The minimum absolute atomic E-state index is 0.0481. The zero-order chi connectivity index (χ0) is 22.8. The largest absolute Gasteiger partial charge is 0.487 e. The topological polar surface area (TPSA) is 116 Å². The maximum atomic E-state index is 11.3. The maximum absolute atomic E-state index is 11.3. The summed E-state index contributed by atoms with van der Waals surface area (Å²) in [6.07, 6.45) is -0.613. The maximum Gasteiger partial charge on any atom is 0.333 e. The summed E-state index contributed by atoms with van der Waals surface area (Å²) in [5, 5.41) is 21.4. The fourth-order valence-corrected chi connectivity index (χ4v) is 2.81. The Hall–Kier alpha value is -3.72. The molecule has 2 aromatic carbocycles. The van der Waals surface area contributed by atoms with Crippen LogP contribution in [0.15, 0.2) is 64.2 Å². The number of aromatic nitrogens is 2. The lowest BCUT2D eigenvalue weighted by Gasteiger charge is -2.13. The van der Waals surface area contributed by atoms with Crippen LogP contribution in [-0.4, -0.2) is 52.9 Å². The summed E-state index contributed by atoms with van der Waals surface area (Å²) in [6, 6.07) is 16.5. The number of oxime groups is 1. The van der Waals surface area contributed by atoms with Crippen molar-refractivity contribution in [3.8, 4) is 17.2 Å². The summed E-state index contributed by atoms with van der Waals surface area (Å²) >= 11 is 0. The smallest absolute Gasteiger partial charge is 0.333 e. The van der Waals surface area contributed by atoms with Crippen molar-refractivity contribution in [3.05, 3.63) is 66.1 Å². The van der Waals surface area contributed by atoms with Crippen LogP contribution in [0, 0.1) is 0 Å². The van der Waals surface area contributed by atoms with Gasteiger partial charge in [0.05, 0.1) is 0 Å². The Bertz CT molecular complexity index is 1020. The molecule has 0 amide bonds. The van der Waals surface area contributed by atoms with Crippen LogP contribution in [0.1, 0.15) is 25.3 Å². The van der Waals surface area contributed by atoms with Crippen LogP contribution < -0.4 is 4.74 Å². The van der Waals surface area contributed by atoms with E-state index in [4.69, 9.17) is 18.7 Å². The number of rotatable bonds is 12. The van der Waals surface area contributed by atoms with Gasteiger partial charge in [-0.2, -0.15) is 0 Å². The average Bonchev–Trinajstić information content (AvgIpc) is 3.30. The van der Waals surface area contributed by atoms with Gasteiger partial charge in [-0.15, -0.1) is 10.2 Å². The molecule has 3 aromatic rings. The SMILES string of the molecule is CCO/N=C(\COc1ccc(CC(OCC)C(=O)O)cc1)c1nnc(-c2ccccc2)o1. The first kappa shape index (κ1) is 23.0. The molecule has 0 aliphatic rings. The number of ether oxygens (including phenoxy) is 2. The van der Waals surface area contributed by atoms with Crippen molar-refractivity contribution in [1.29, 1.82) is 0 Å². The van der Waals surface area contributed by atoms with Gasteiger partial charge in [0.2, 0.25) is 5.89 Å². The minimum Gasteiger partial charge on any atom is -0.487 e. The van der Waals surface area contributed by atoms with Crippen molar-refractivity contribution in [2.24, 2.45) is 5.16 Å². The molecule has 1 N–H and O–H groups in total. The van der Waals surface area contributed by atoms with E-state index in [0.29, 0.717) is 30.6 Å². The number of hydrogen-bond acceptors (Lipinski definition) is 8. The van der Waals surface area contributed by atoms with Gasteiger partial charge in [0, 0.05) is 18.6 Å². The molecule has 9 heteroatoms. The van der Waals surface area contributed by atoms with Gasteiger partial charge in [0.15, 0.2) is 11.8 Å². The normalized spacial score (nSPS) is 12.4. The molecular weight excluding hydrogens is 414 g/mol. The first-order chi connectivity index (χ1) is 15.6. The molecule has 1 heterocycles. The predicted molar refractivity (Wildman–Crippen MR) is 117 cm³/mol. The summed E-state index contributed by atoms with van der Waals surface area (Å²) in [5.74, 6) is 0.161. The molecule has 0 saturated heterocycles. The third kappa shape index (κ3) is 6.39. The second-order valence-electron chi connectivity index (χ2n) is 6.65. The van der Waals surface area contributed by atoms with Crippen LogP contribution in [-0.2, 0) is 20.8 Å². The standard InChI is InChI=1S/C23H25N3O6/c1-3-29-20(23(27)28)14-16-10-12-18(13-11-16)30-15-19(26-31-4-2)22-25-24-21(32-22)17-8-6-5-7-9-17/h5-13,20H,3-4,14-15H2,1-2H3,(H,27,28)/b26-19+. The quantitative estimate of drug-likeness (QED) is 0.336. The van der Waals surface area contributed by atoms with Crippen molar-refractivity contribution in [3.63, 3.8) is 0 Å². The first-order valence-electron chi connectivity index (χ1n) is 10.2. The fraction of sp³-hybridized carbons (Fsp3) is 0.304. The van der Waals surface area contributed by atoms with Crippen LogP contribution in [0.25, 0.3) is 11.5 Å². The first-order valence-corrected chi connectivity index (χ1v) is 10.2. The Balaban J connectivity index is 1.66. The lowest BCUT2D eigenvalue weighted by molar-refractivity contribution is -0.149. The Kier molecular flexibility index (Phi) is 8.33. The minimum atomic E-state index is -0.988. The zero-order valence-corrected chi connectivity index (χ0v) is 17.9. The predicted octanol–water partition coefficient (Wildman–Crippen LogP) is 3.59. The monoisotopic (exact) mass is 439 g/mol. The molecule has 168 valence electrons. The van der Waals surface area contributed by atoms with E-state index in [0.717, 1.165) is 11.1 Å². The van der Waals surface area contributed by atoms with Crippen molar-refractivity contribution < 1.29 is 28.6 Å². The van der Waals surface area contributed by atoms with Crippen molar-refractivity contribution in [2.45, 2.75) is 26.4 Å². The highest BCUT2D eigenvalue weighted by molar-refractivity contribution is 5.97. The molecule has 0 fully saturated rings. The van der Waals surface area contributed by atoms with E-state index < -0.39 is 12.1 Å². The summed E-state index contributed by atoms with van der Waals surface area (Å²) < 4.78 is 16.8. The molecule has 32 heavy (non-hydrogen) atoms. The number of nitrogens with zero attached hydrogens (tertiary/aromatic N) is 3. The highest BCUT2D eigenvalue weighted by Gasteiger charge is 2.18. The van der Waals surface area contributed by atoms with Gasteiger partial charge < -0.3 is 23.8 Å². The molecule has 0 saturated carbocycles. The highest BCUT2D eigenvalue weighted by atomic mass is 16.6. The van der Waals surface area contributed by atoms with Gasteiger partial charge in [-0.25, -0.2) is 4.79 Å². The molecule has 1 aromatic heterocycles. The Morgan fingerprint density at radius 1 is 1.06 bits per heavy atom. The molecule has 0 bridgehead atoms. The van der Waals surface area contributed by atoms with E-state index in [1.54, 1.807) is 31.2 Å². The molecule has 1 unspecified atom stereocenters. The van der Waals surface area contributed by atoms with E-state index in [-0.39, 0.29) is 18.9 Å². The second-order valence-corrected chi connectivity index (χ2v) is 6.65. The van der Waals surface area contributed by atoms with Crippen LogP contribution >= 0.6 is 0 Å². The van der Waals surface area contributed by atoms with Gasteiger partial charge in [-0.1, -0.05) is 35.5 Å². The Morgan fingerprint density at radius 2 is 1.81 bits per heavy atom. The molecule has 9 nitrogen and oxygen atoms in total. The molecule has 1 atom stereocenters. The summed E-state index contributed by atoms with van der Waals surface area (Å²) in [6.45, 7) is 4.34. The summed E-state index contributed by atoms with van der Waals surface area (Å²) in [5.41, 5.74) is 1.98. The highest BCUT2D eigenvalue weighted by Crippen LogP contribution is 2.19. The molecule has 0 aliphatic heterocycles. The fourth-order valence-electron chi connectivity index (χ4n) is 2.81. The third-order valence-corrected chi connectivity index (χ3v) is 4.36. The van der Waals surface area contributed by atoms with Gasteiger partial charge in [-0.05, 0) is 43.7 Å². The van der Waals surface area contributed by atoms with Crippen LogP contribution in [0.3, 0.4) is 0 Å². The number of carbonyl (C=O) groups is 1. The van der Waals surface area contributed by atoms with Gasteiger partial charge in [0.1, 0.15) is 19.0 Å². The van der Waals surface area contributed by atoms with Gasteiger partial charge in [0.25, 0.3) is 5.89 Å². The van der Waals surface area contributed by atoms with E-state index in [1.807, 2.05) is 37.3 Å². The molecular formula is C23H25N3O6. The van der Waals surface area contributed by atoms with Gasteiger partial charge >= 0.3 is 5.97 Å². The van der Waals surface area contributed by atoms with E-state index >= 15 is 0 Å². The average molecular weight is 439 g/mol. The van der Waals surface area contributed by atoms with Crippen molar-refractivity contribution >= 4 is 11.7 Å². The second kappa shape index (κ2) is 11.6. The van der Waals surface area contributed by atoms with Crippen molar-refractivity contribution in [1.82, 2.24) is 10.2 Å². The molecule has 0 radical (unpaired) electrons. The molecule has 0 aliphatic carbocycles. The van der Waals surface area contributed by atoms with E-state index in [2.05, 4.69) is 15.4 Å². The Labute approximate surface area is 185 Å². The Morgan fingerprint density at radius 3 is 2.47 bits per heavy atom. The van der Waals surface area contributed by atoms with Crippen LogP contribution in [0.5, 0.6) is 5.75 Å². The molecule has 0 spiro atoms. The third-order valence-electron chi connectivity index (χ3n) is 4.36. The molecule has 3 rings (SSSR count). The lowest BCUT2D eigenvalue weighted by atomic mass is 10.1. The van der Waals surface area contributed by atoms with E-state index in [9.17, 15) is 9.90 Å². The number of carboxylic acids is 1. The van der Waals surface area contributed by atoms with Crippen LogP contribution in [0.2, 0.25) is 0 Å². The van der Waals surface area contributed by atoms with Gasteiger partial charge in [-0.3, -0.25) is 0 Å². The zero-order valence-electron chi connectivity index (χ0n) is 17.9. The lowest BCUT2D eigenvalue weighted by Crippen LogP contribution is -2.26. The summed E-state index contributed by atoms with van der Waals surface area (Å²) in [7, 11) is 0. The van der Waals surface area contributed by atoms with Crippen molar-refractivity contribution in [2.75, 3.05) is 19.8 Å². The summed E-state index contributed by atoms with van der Waals surface area (Å²) in [4.78, 5) is 16.4. The number of hydrogen-bond donors (Lipinski definition) is 1. The number of benzene rings is 2.